The van der Waals surface area contributed by atoms with Crippen LogP contribution >= 0.6 is 0 Å². The molecule has 4 rings (SSSR count). The number of nitrogens with one attached hydrogen (secondary N) is 1. The second kappa shape index (κ2) is 10.5. The molecule has 0 aliphatic rings. The van der Waals surface area contributed by atoms with E-state index in [0.29, 0.717) is 29.9 Å². The molecule has 0 saturated heterocycles. The van der Waals surface area contributed by atoms with Crippen molar-refractivity contribution < 1.29 is 13.2 Å². The predicted octanol–water partition coefficient (Wildman–Crippen LogP) is 3.41. The maximum Gasteiger partial charge on any atom is 0.274 e. The lowest BCUT2D eigenvalue weighted by atomic mass is 10.1. The summed E-state index contributed by atoms with van der Waals surface area (Å²) in [5, 5.41) is 12.3. The highest BCUT2D eigenvalue weighted by atomic mass is 32.2. The Morgan fingerprint density at radius 1 is 0.971 bits per heavy atom. The van der Waals surface area contributed by atoms with Gasteiger partial charge in [-0.1, -0.05) is 54.6 Å². The third kappa shape index (κ3) is 6.28. The van der Waals surface area contributed by atoms with Crippen molar-refractivity contribution in [2.45, 2.75) is 11.3 Å². The Morgan fingerprint density at radius 2 is 1.66 bits per heavy atom. The number of aliphatic imine (C=N–C) groups is 1. The van der Waals surface area contributed by atoms with E-state index in [0.717, 1.165) is 16.7 Å². The molecule has 1 heterocycles. The first kappa shape index (κ1) is 24.1. The van der Waals surface area contributed by atoms with Crippen molar-refractivity contribution in [3.63, 3.8) is 0 Å². The molecule has 0 aliphatic heterocycles. The van der Waals surface area contributed by atoms with Gasteiger partial charge in [-0.15, -0.1) is 0 Å². The Labute approximate surface area is 204 Å². The predicted molar refractivity (Wildman–Crippen MR) is 137 cm³/mol. The third-order valence-electron chi connectivity index (χ3n) is 5.37. The van der Waals surface area contributed by atoms with E-state index in [2.05, 4.69) is 15.4 Å². The molecule has 9 heteroatoms. The average Bonchev–Trinajstić information content (AvgIpc) is 3.29. The van der Waals surface area contributed by atoms with Crippen LogP contribution in [0.2, 0.25) is 0 Å². The number of sulfonamides is 1. The highest BCUT2D eigenvalue weighted by molar-refractivity contribution is 7.89. The lowest BCUT2D eigenvalue weighted by Crippen LogP contribution is -2.24. The van der Waals surface area contributed by atoms with E-state index in [1.54, 1.807) is 23.0 Å². The van der Waals surface area contributed by atoms with Gasteiger partial charge in [-0.2, -0.15) is 5.10 Å². The molecular formula is C26H25N5O3S. The molecule has 0 radical (unpaired) electrons. The molecule has 1 amide bonds. The second-order valence-electron chi connectivity index (χ2n) is 7.97. The van der Waals surface area contributed by atoms with Crippen LogP contribution in [-0.4, -0.2) is 36.4 Å². The smallest absolute Gasteiger partial charge is 0.274 e. The van der Waals surface area contributed by atoms with Crippen molar-refractivity contribution in [3.8, 4) is 11.1 Å². The molecule has 8 nitrogen and oxygen atoms in total. The summed E-state index contributed by atoms with van der Waals surface area (Å²) >= 11 is 0. The van der Waals surface area contributed by atoms with Crippen molar-refractivity contribution in [2.24, 2.45) is 17.2 Å². The molecule has 3 N–H and O–H groups in total. The van der Waals surface area contributed by atoms with E-state index >= 15 is 0 Å². The number of benzene rings is 3. The normalized spacial score (nSPS) is 11.9. The van der Waals surface area contributed by atoms with Crippen molar-refractivity contribution >= 4 is 27.3 Å². The molecule has 0 fully saturated rings. The van der Waals surface area contributed by atoms with Crippen LogP contribution in [0.15, 0.2) is 101 Å². The molecule has 4 aromatic rings. The molecule has 0 unspecified atom stereocenters. The molecule has 0 bridgehead atoms. The zero-order valence-electron chi connectivity index (χ0n) is 19.1. The monoisotopic (exact) mass is 487 g/mol. The van der Waals surface area contributed by atoms with E-state index in [1.807, 2.05) is 67.8 Å². The van der Waals surface area contributed by atoms with E-state index in [-0.39, 0.29) is 10.8 Å². The molecule has 178 valence electrons. The fraction of sp³-hybridized carbons (Fsp3) is 0.115. The summed E-state index contributed by atoms with van der Waals surface area (Å²) in [7, 11) is -1.87. The number of anilines is 1. The van der Waals surface area contributed by atoms with Crippen molar-refractivity contribution in [3.05, 3.63) is 102 Å². The highest BCUT2D eigenvalue weighted by Gasteiger charge is 2.14. The molecule has 3 aromatic carbocycles. The summed E-state index contributed by atoms with van der Waals surface area (Å²) in [6.07, 6.45) is 4.25. The van der Waals surface area contributed by atoms with Crippen molar-refractivity contribution in [2.75, 3.05) is 11.9 Å². The Balaban J connectivity index is 1.48. The Hall–Kier alpha value is -4.08. The van der Waals surface area contributed by atoms with E-state index in [9.17, 15) is 13.2 Å². The molecular weight excluding hydrogens is 462 g/mol. The number of nitrogens with two attached hydrogens (primary N) is 1. The van der Waals surface area contributed by atoms with Crippen LogP contribution in [0.4, 0.5) is 5.69 Å². The minimum absolute atomic E-state index is 0.0589. The maximum absolute atomic E-state index is 13.1. The summed E-state index contributed by atoms with van der Waals surface area (Å²) < 4.78 is 24.6. The molecule has 0 atom stereocenters. The van der Waals surface area contributed by atoms with Crippen LogP contribution in [0.5, 0.6) is 0 Å². The minimum atomic E-state index is -3.73. The van der Waals surface area contributed by atoms with Gasteiger partial charge in [-0.05, 0) is 41.8 Å². The average molecular weight is 488 g/mol. The number of primary sulfonamides is 1. The lowest BCUT2D eigenvalue weighted by Gasteiger charge is -2.10. The number of aryl methyl sites for hydroxylation is 1. The number of hydrogen-bond donors (Lipinski definition) is 2. The molecule has 0 saturated carbocycles. The number of aromatic nitrogens is 2. The highest BCUT2D eigenvalue weighted by Crippen LogP contribution is 2.21. The van der Waals surface area contributed by atoms with Gasteiger partial charge in [0.1, 0.15) is 5.71 Å². The van der Waals surface area contributed by atoms with Gasteiger partial charge in [-0.25, -0.2) is 13.6 Å². The van der Waals surface area contributed by atoms with Crippen LogP contribution in [0.3, 0.4) is 0 Å². The number of carbonyl (C=O) groups is 1. The topological polar surface area (TPSA) is 119 Å². The van der Waals surface area contributed by atoms with E-state index < -0.39 is 10.0 Å². The fourth-order valence-corrected chi connectivity index (χ4v) is 4.05. The van der Waals surface area contributed by atoms with Crippen LogP contribution in [0.25, 0.3) is 11.1 Å². The summed E-state index contributed by atoms with van der Waals surface area (Å²) in [6.45, 7) is 0.353. The Morgan fingerprint density at radius 3 is 2.26 bits per heavy atom. The Kier molecular flexibility index (Phi) is 7.19. The van der Waals surface area contributed by atoms with Crippen LogP contribution in [-0.2, 0) is 28.3 Å². The minimum Gasteiger partial charge on any atom is -0.321 e. The number of nitrogens with zero attached hydrogens (tertiary/aromatic N) is 3. The SMILES string of the molecule is Cn1cc(-c2ccc(NC(=O)C(=NCCc3ccc(S(N)(=O)=O)cc3)c3ccccc3)cc2)cn1. The van der Waals surface area contributed by atoms with Crippen LogP contribution in [0, 0.1) is 0 Å². The quantitative estimate of drug-likeness (QED) is 0.370. The van der Waals surface area contributed by atoms with E-state index in [4.69, 9.17) is 5.14 Å². The molecule has 0 aliphatic carbocycles. The first-order chi connectivity index (χ1) is 16.8. The van der Waals surface area contributed by atoms with Gasteiger partial charge in [0.2, 0.25) is 10.0 Å². The number of hydrogen-bond acceptors (Lipinski definition) is 5. The zero-order chi connectivity index (χ0) is 24.8. The maximum atomic E-state index is 13.1. The van der Waals surface area contributed by atoms with Gasteiger partial charge in [0, 0.05) is 36.6 Å². The number of amides is 1. The van der Waals surface area contributed by atoms with E-state index in [1.165, 1.54) is 12.1 Å². The van der Waals surface area contributed by atoms with Crippen molar-refractivity contribution in [1.82, 2.24) is 9.78 Å². The standard InChI is InChI=1S/C26H25N5O3S/c1-31-18-22(17-29-31)20-9-11-23(12-10-20)30-26(32)25(21-5-3-2-4-6-21)28-16-15-19-7-13-24(14-8-19)35(27,33)34/h2-14,17-18H,15-16H2,1H3,(H,30,32)(H2,27,33,34). The number of rotatable bonds is 8. The third-order valence-corrected chi connectivity index (χ3v) is 6.29. The molecule has 1 aromatic heterocycles. The molecule has 35 heavy (non-hydrogen) atoms. The zero-order valence-corrected chi connectivity index (χ0v) is 19.9. The summed E-state index contributed by atoms with van der Waals surface area (Å²) in [4.78, 5) is 17.8. The second-order valence-corrected chi connectivity index (χ2v) is 9.53. The largest absolute Gasteiger partial charge is 0.321 e. The van der Waals surface area contributed by atoms with Crippen LogP contribution in [0.1, 0.15) is 11.1 Å². The summed E-state index contributed by atoms with van der Waals surface area (Å²) in [5.74, 6) is -0.310. The first-order valence-corrected chi connectivity index (χ1v) is 12.5. The first-order valence-electron chi connectivity index (χ1n) is 10.9. The van der Waals surface area contributed by atoms with Gasteiger partial charge in [0.15, 0.2) is 0 Å². The summed E-state index contributed by atoms with van der Waals surface area (Å²) in [5.41, 5.74) is 4.57. The summed E-state index contributed by atoms with van der Waals surface area (Å²) in [6, 6.07) is 23.1. The van der Waals surface area contributed by atoms with Gasteiger partial charge >= 0.3 is 0 Å². The lowest BCUT2D eigenvalue weighted by molar-refractivity contribution is -0.110. The number of carbonyl (C=O) groups excluding carboxylic acids is 1. The fourth-order valence-electron chi connectivity index (χ4n) is 3.54. The van der Waals surface area contributed by atoms with Gasteiger partial charge in [0.25, 0.3) is 5.91 Å². The van der Waals surface area contributed by atoms with Crippen LogP contribution < -0.4 is 10.5 Å². The van der Waals surface area contributed by atoms with Gasteiger partial charge < -0.3 is 5.32 Å². The Bertz CT molecular complexity index is 1440. The molecule has 0 spiro atoms. The van der Waals surface area contributed by atoms with Gasteiger partial charge in [-0.3, -0.25) is 14.5 Å². The van der Waals surface area contributed by atoms with Gasteiger partial charge in [0.05, 0.1) is 11.1 Å². The van der Waals surface area contributed by atoms with Crippen molar-refractivity contribution in [1.29, 1.82) is 0 Å².